The van der Waals surface area contributed by atoms with Gasteiger partial charge < -0.3 is 20.7 Å². The van der Waals surface area contributed by atoms with E-state index in [4.69, 9.17) is 4.74 Å². The van der Waals surface area contributed by atoms with Crippen molar-refractivity contribution in [2.24, 2.45) is 5.92 Å². The molecule has 0 aromatic carbocycles. The smallest absolute Gasteiger partial charge is 0.263 e. The molecule has 1 fully saturated rings. The first-order valence-corrected chi connectivity index (χ1v) is 12.2. The molecule has 1 saturated heterocycles. The molecule has 3 amide bonds. The Morgan fingerprint density at radius 3 is 2.45 bits per heavy atom. The minimum atomic E-state index is -0.835. The highest BCUT2D eigenvalue weighted by atomic mass is 32.2. The highest BCUT2D eigenvalue weighted by Gasteiger charge is 2.50. The van der Waals surface area contributed by atoms with Crippen LogP contribution in [0.25, 0.3) is 0 Å². The normalized spacial score (nSPS) is 19.4. The summed E-state index contributed by atoms with van der Waals surface area (Å²) >= 11 is 2.64. The number of nitrogens with one attached hydrogen (secondary N) is 3. The van der Waals surface area contributed by atoms with Gasteiger partial charge in [0, 0.05) is 5.75 Å². The molecule has 2 heterocycles. The number of epoxide rings is 1. The fraction of sp³-hybridized carbons (Fsp3) is 0.650. The van der Waals surface area contributed by atoms with E-state index in [9.17, 15) is 19.2 Å². The van der Waals surface area contributed by atoms with Crippen LogP contribution in [0.15, 0.2) is 6.20 Å². The third-order valence-corrected chi connectivity index (χ3v) is 6.26. The van der Waals surface area contributed by atoms with Crippen LogP contribution in [-0.2, 0) is 19.1 Å². The SMILES string of the molecule is CSC[C@H](NC(=O)c1cnc(C)s1)C(=O)NCC(=O)N[C@@H](CC(C)C)C(=O)[C@@]1(C)CO1. The highest BCUT2D eigenvalue weighted by molar-refractivity contribution is 7.98. The second kappa shape index (κ2) is 11.1. The molecule has 0 bridgehead atoms. The van der Waals surface area contributed by atoms with Crippen molar-refractivity contribution in [3.8, 4) is 0 Å². The fourth-order valence-electron chi connectivity index (χ4n) is 2.90. The van der Waals surface area contributed by atoms with Crippen molar-refractivity contribution in [1.29, 1.82) is 0 Å². The van der Waals surface area contributed by atoms with Gasteiger partial charge in [-0.1, -0.05) is 13.8 Å². The minimum absolute atomic E-state index is 0.159. The van der Waals surface area contributed by atoms with Crippen molar-refractivity contribution in [2.45, 2.75) is 51.8 Å². The van der Waals surface area contributed by atoms with E-state index >= 15 is 0 Å². The van der Waals surface area contributed by atoms with Gasteiger partial charge in [0.25, 0.3) is 5.91 Å². The summed E-state index contributed by atoms with van der Waals surface area (Å²) in [6.07, 6.45) is 3.77. The third-order valence-electron chi connectivity index (χ3n) is 4.68. The van der Waals surface area contributed by atoms with Gasteiger partial charge in [0.2, 0.25) is 11.8 Å². The van der Waals surface area contributed by atoms with Gasteiger partial charge in [0.05, 0.1) is 30.4 Å². The molecule has 0 spiro atoms. The minimum Gasteiger partial charge on any atom is -0.361 e. The summed E-state index contributed by atoms with van der Waals surface area (Å²) in [5.41, 5.74) is -0.835. The number of Topliss-reactive ketones (excluding diaryl/α,β-unsaturated/α-hetero) is 1. The summed E-state index contributed by atoms with van der Waals surface area (Å²) in [6, 6.07) is -1.47. The summed E-state index contributed by atoms with van der Waals surface area (Å²) in [7, 11) is 0. The zero-order chi connectivity index (χ0) is 23.2. The van der Waals surface area contributed by atoms with E-state index in [1.54, 1.807) is 13.8 Å². The Morgan fingerprint density at radius 2 is 1.94 bits per heavy atom. The van der Waals surface area contributed by atoms with E-state index in [1.165, 1.54) is 29.3 Å². The topological polar surface area (TPSA) is 130 Å². The fourth-order valence-corrected chi connectivity index (χ4v) is 4.15. The molecule has 0 aliphatic carbocycles. The summed E-state index contributed by atoms with van der Waals surface area (Å²) in [4.78, 5) is 54.4. The molecule has 2 rings (SSSR count). The van der Waals surface area contributed by atoms with Gasteiger partial charge in [-0.15, -0.1) is 11.3 Å². The number of ether oxygens (including phenoxy) is 1. The second-order valence-corrected chi connectivity index (χ2v) is 10.2. The lowest BCUT2D eigenvalue weighted by molar-refractivity contribution is -0.131. The van der Waals surface area contributed by atoms with Gasteiger partial charge in [0.1, 0.15) is 16.5 Å². The number of thiazole rings is 1. The second-order valence-electron chi connectivity index (χ2n) is 8.08. The summed E-state index contributed by atoms with van der Waals surface area (Å²) in [5, 5.41) is 8.69. The van der Waals surface area contributed by atoms with Crippen LogP contribution < -0.4 is 16.0 Å². The van der Waals surface area contributed by atoms with Gasteiger partial charge >= 0.3 is 0 Å². The molecule has 9 nitrogen and oxygen atoms in total. The Balaban J connectivity index is 1.90. The number of nitrogens with zero attached hydrogens (tertiary/aromatic N) is 1. The molecule has 0 saturated carbocycles. The lowest BCUT2D eigenvalue weighted by Crippen LogP contribution is -2.52. The van der Waals surface area contributed by atoms with Crippen LogP contribution in [0.1, 0.15) is 41.9 Å². The molecule has 11 heteroatoms. The number of ketones is 1. The Bertz CT molecular complexity index is 822. The maximum Gasteiger partial charge on any atom is 0.263 e. The monoisotopic (exact) mass is 470 g/mol. The van der Waals surface area contributed by atoms with Gasteiger partial charge in [-0.3, -0.25) is 19.2 Å². The van der Waals surface area contributed by atoms with Crippen molar-refractivity contribution < 1.29 is 23.9 Å². The van der Waals surface area contributed by atoms with Crippen LogP contribution >= 0.6 is 23.1 Å². The van der Waals surface area contributed by atoms with Crippen LogP contribution in [0.2, 0.25) is 0 Å². The van der Waals surface area contributed by atoms with Gasteiger partial charge in [-0.2, -0.15) is 11.8 Å². The first kappa shape index (κ1) is 25.3. The number of hydrogen-bond acceptors (Lipinski definition) is 8. The zero-order valence-corrected chi connectivity index (χ0v) is 20.1. The van der Waals surface area contributed by atoms with Crippen molar-refractivity contribution in [3.63, 3.8) is 0 Å². The average molecular weight is 471 g/mol. The van der Waals surface area contributed by atoms with E-state index in [0.717, 1.165) is 5.01 Å². The Morgan fingerprint density at radius 1 is 1.26 bits per heavy atom. The number of rotatable bonds is 12. The molecule has 0 unspecified atom stereocenters. The van der Waals surface area contributed by atoms with Crippen molar-refractivity contribution in [2.75, 3.05) is 25.2 Å². The predicted molar refractivity (Wildman–Crippen MR) is 120 cm³/mol. The molecule has 172 valence electrons. The number of aryl methyl sites for hydroxylation is 1. The molecular formula is C20H30N4O5S2. The number of thioether (sulfide) groups is 1. The third kappa shape index (κ3) is 7.58. The van der Waals surface area contributed by atoms with Gasteiger partial charge in [-0.05, 0) is 32.4 Å². The molecule has 1 aliphatic heterocycles. The first-order chi connectivity index (χ1) is 14.6. The summed E-state index contributed by atoms with van der Waals surface area (Å²) < 4.78 is 5.22. The average Bonchev–Trinajstić information content (AvgIpc) is 3.30. The van der Waals surface area contributed by atoms with E-state index in [2.05, 4.69) is 20.9 Å². The molecule has 1 aromatic rings. The van der Waals surface area contributed by atoms with Crippen LogP contribution in [0.4, 0.5) is 0 Å². The molecule has 3 atom stereocenters. The molecule has 31 heavy (non-hydrogen) atoms. The van der Waals surface area contributed by atoms with E-state index in [-0.39, 0.29) is 24.2 Å². The lowest BCUT2D eigenvalue weighted by atomic mass is 9.93. The number of carbonyl (C=O) groups excluding carboxylic acids is 4. The van der Waals surface area contributed by atoms with E-state index in [1.807, 2.05) is 20.1 Å². The standard InChI is InChI=1S/C20H30N4O5S2/c1-11(2)6-13(17(26)20(4)10-29-20)23-16(25)8-22-18(27)14(9-30-5)24-19(28)15-7-21-12(3)31-15/h7,11,13-14H,6,8-10H2,1-5H3,(H,22,27)(H,23,25)(H,24,28)/t13-,14-,20+/m0/s1. The number of amides is 3. The van der Waals surface area contributed by atoms with E-state index < -0.39 is 29.5 Å². The quantitative estimate of drug-likeness (QED) is 0.387. The predicted octanol–water partition coefficient (Wildman–Crippen LogP) is 0.918. The maximum absolute atomic E-state index is 12.6. The number of aromatic nitrogens is 1. The first-order valence-electron chi connectivity index (χ1n) is 10.0. The van der Waals surface area contributed by atoms with Crippen molar-refractivity contribution >= 4 is 46.6 Å². The molecule has 3 N–H and O–H groups in total. The van der Waals surface area contributed by atoms with Gasteiger partial charge in [0.15, 0.2) is 5.78 Å². The highest BCUT2D eigenvalue weighted by Crippen LogP contribution is 2.29. The summed E-state index contributed by atoms with van der Waals surface area (Å²) in [5.74, 6) is -0.936. The molecular weight excluding hydrogens is 440 g/mol. The zero-order valence-electron chi connectivity index (χ0n) is 18.4. The lowest BCUT2D eigenvalue weighted by Gasteiger charge is -2.22. The number of hydrogen-bond donors (Lipinski definition) is 3. The Labute approximate surface area is 190 Å². The molecule has 1 aromatic heterocycles. The number of carbonyl (C=O) groups is 4. The van der Waals surface area contributed by atoms with Gasteiger partial charge in [-0.25, -0.2) is 4.98 Å². The van der Waals surface area contributed by atoms with Crippen LogP contribution in [0.5, 0.6) is 0 Å². The van der Waals surface area contributed by atoms with Crippen molar-refractivity contribution in [1.82, 2.24) is 20.9 Å². The Kier molecular flexibility index (Phi) is 9.01. The Hall–Kier alpha value is -1.98. The largest absolute Gasteiger partial charge is 0.361 e. The maximum atomic E-state index is 12.6. The van der Waals surface area contributed by atoms with Crippen LogP contribution in [-0.4, -0.2) is 71.3 Å². The molecule has 1 aliphatic rings. The summed E-state index contributed by atoms with van der Waals surface area (Å²) in [6.45, 7) is 7.48. The van der Waals surface area contributed by atoms with Crippen molar-refractivity contribution in [3.05, 3.63) is 16.1 Å². The van der Waals surface area contributed by atoms with Crippen LogP contribution in [0.3, 0.4) is 0 Å². The van der Waals surface area contributed by atoms with E-state index in [0.29, 0.717) is 23.7 Å². The molecule has 0 radical (unpaired) electrons. The van der Waals surface area contributed by atoms with Crippen LogP contribution in [0, 0.1) is 12.8 Å².